The SMILES string of the molecule is COc1ccc(-c2[nH]ncc2CN2CCC(OCc3ccccc3)CC2)c(F)c1. The van der Waals surface area contributed by atoms with Gasteiger partial charge in [-0.1, -0.05) is 30.3 Å². The molecule has 0 amide bonds. The minimum atomic E-state index is -0.317. The summed E-state index contributed by atoms with van der Waals surface area (Å²) in [7, 11) is 1.53. The molecule has 1 aliphatic rings. The van der Waals surface area contributed by atoms with Crippen molar-refractivity contribution in [3.8, 4) is 17.0 Å². The van der Waals surface area contributed by atoms with E-state index < -0.39 is 0 Å². The zero-order chi connectivity index (χ0) is 20.1. The lowest BCUT2D eigenvalue weighted by Gasteiger charge is -2.31. The Kier molecular flexibility index (Phi) is 6.22. The van der Waals surface area contributed by atoms with Gasteiger partial charge in [0.1, 0.15) is 11.6 Å². The van der Waals surface area contributed by atoms with Crippen molar-refractivity contribution in [1.82, 2.24) is 15.1 Å². The van der Waals surface area contributed by atoms with Crippen molar-refractivity contribution in [2.45, 2.75) is 32.1 Å². The van der Waals surface area contributed by atoms with Crippen LogP contribution in [0.4, 0.5) is 4.39 Å². The van der Waals surface area contributed by atoms with Gasteiger partial charge >= 0.3 is 0 Å². The number of hydrogen-bond donors (Lipinski definition) is 1. The standard InChI is InChI=1S/C23H26FN3O2/c1-28-20-7-8-21(22(24)13-20)23-18(14-25-26-23)15-27-11-9-19(10-12-27)29-16-17-5-3-2-4-6-17/h2-8,13-14,19H,9-12,15-16H2,1H3,(H,25,26). The predicted octanol–water partition coefficient (Wildman–Crippen LogP) is 4.41. The first-order valence-corrected chi connectivity index (χ1v) is 9.97. The summed E-state index contributed by atoms with van der Waals surface area (Å²) >= 11 is 0. The maximum atomic E-state index is 14.5. The van der Waals surface area contributed by atoms with Gasteiger partial charge in [-0.15, -0.1) is 0 Å². The maximum absolute atomic E-state index is 14.5. The van der Waals surface area contributed by atoms with Crippen LogP contribution in [0, 0.1) is 5.82 Å². The van der Waals surface area contributed by atoms with Gasteiger partial charge in [0, 0.05) is 36.8 Å². The van der Waals surface area contributed by atoms with Crippen LogP contribution in [0.1, 0.15) is 24.0 Å². The minimum absolute atomic E-state index is 0.286. The molecule has 152 valence electrons. The summed E-state index contributed by atoms with van der Waals surface area (Å²) in [6, 6.07) is 15.2. The van der Waals surface area contributed by atoms with E-state index in [1.54, 1.807) is 18.3 Å². The third-order valence-electron chi connectivity index (χ3n) is 5.42. The van der Waals surface area contributed by atoms with Gasteiger partial charge in [-0.3, -0.25) is 10.00 Å². The number of hydrogen-bond acceptors (Lipinski definition) is 4. The van der Waals surface area contributed by atoms with Crippen LogP contribution in [0.15, 0.2) is 54.7 Å². The fourth-order valence-corrected chi connectivity index (χ4v) is 3.75. The van der Waals surface area contributed by atoms with E-state index >= 15 is 0 Å². The van der Waals surface area contributed by atoms with Crippen molar-refractivity contribution >= 4 is 0 Å². The molecule has 1 aliphatic heterocycles. The van der Waals surface area contributed by atoms with E-state index in [-0.39, 0.29) is 11.9 Å². The summed E-state index contributed by atoms with van der Waals surface area (Å²) in [5.41, 5.74) is 3.45. The molecule has 2 aromatic carbocycles. The van der Waals surface area contributed by atoms with Gasteiger partial charge in [0.15, 0.2) is 0 Å². The third-order valence-corrected chi connectivity index (χ3v) is 5.42. The molecule has 0 unspecified atom stereocenters. The van der Waals surface area contributed by atoms with Crippen molar-refractivity contribution in [2.24, 2.45) is 0 Å². The van der Waals surface area contributed by atoms with Crippen LogP contribution in [0.3, 0.4) is 0 Å². The number of nitrogens with zero attached hydrogens (tertiary/aromatic N) is 2. The molecule has 1 fully saturated rings. The molecule has 1 saturated heterocycles. The normalized spacial score (nSPS) is 15.5. The largest absolute Gasteiger partial charge is 0.497 e. The number of aromatic nitrogens is 2. The molecule has 5 nitrogen and oxygen atoms in total. The van der Waals surface area contributed by atoms with Gasteiger partial charge in [-0.25, -0.2) is 4.39 Å². The number of piperidine rings is 1. The van der Waals surface area contributed by atoms with Gasteiger partial charge in [0.25, 0.3) is 0 Å². The molecule has 0 bridgehead atoms. The number of ether oxygens (including phenoxy) is 2. The lowest BCUT2D eigenvalue weighted by Crippen LogP contribution is -2.36. The Labute approximate surface area is 170 Å². The highest BCUT2D eigenvalue weighted by atomic mass is 19.1. The van der Waals surface area contributed by atoms with E-state index in [0.717, 1.165) is 43.7 Å². The number of nitrogens with one attached hydrogen (secondary N) is 1. The van der Waals surface area contributed by atoms with Crippen LogP contribution < -0.4 is 4.74 Å². The number of H-pyrrole nitrogens is 1. The Morgan fingerprint density at radius 2 is 1.93 bits per heavy atom. The highest BCUT2D eigenvalue weighted by Crippen LogP contribution is 2.28. The molecule has 2 heterocycles. The number of halogens is 1. The van der Waals surface area contributed by atoms with Crippen LogP contribution in [-0.4, -0.2) is 41.4 Å². The Hall–Kier alpha value is -2.70. The van der Waals surface area contributed by atoms with Crippen molar-refractivity contribution in [3.63, 3.8) is 0 Å². The number of benzene rings is 2. The van der Waals surface area contributed by atoms with Crippen LogP contribution in [0.2, 0.25) is 0 Å². The first kappa shape index (κ1) is 19.6. The van der Waals surface area contributed by atoms with Gasteiger partial charge in [-0.05, 0) is 30.5 Å². The van der Waals surface area contributed by atoms with E-state index in [1.807, 2.05) is 18.2 Å². The molecular formula is C23H26FN3O2. The van der Waals surface area contributed by atoms with Crippen molar-refractivity contribution in [2.75, 3.05) is 20.2 Å². The van der Waals surface area contributed by atoms with Crippen LogP contribution in [0.5, 0.6) is 5.75 Å². The van der Waals surface area contributed by atoms with E-state index in [4.69, 9.17) is 9.47 Å². The summed E-state index contributed by atoms with van der Waals surface area (Å²) in [6.07, 6.45) is 4.07. The Morgan fingerprint density at radius 1 is 1.14 bits per heavy atom. The van der Waals surface area contributed by atoms with Crippen LogP contribution in [-0.2, 0) is 17.9 Å². The number of likely N-dealkylation sites (tertiary alicyclic amines) is 1. The minimum Gasteiger partial charge on any atom is -0.497 e. The lowest BCUT2D eigenvalue weighted by molar-refractivity contribution is -0.00391. The Balaban J connectivity index is 1.33. The smallest absolute Gasteiger partial charge is 0.136 e. The van der Waals surface area contributed by atoms with Gasteiger partial charge < -0.3 is 9.47 Å². The maximum Gasteiger partial charge on any atom is 0.136 e. The summed E-state index contributed by atoms with van der Waals surface area (Å²) in [5, 5.41) is 7.11. The Bertz CT molecular complexity index is 921. The molecule has 4 rings (SSSR count). The van der Waals surface area contributed by atoms with Crippen LogP contribution >= 0.6 is 0 Å². The number of methoxy groups -OCH3 is 1. The highest BCUT2D eigenvalue weighted by Gasteiger charge is 2.22. The molecule has 0 saturated carbocycles. The topological polar surface area (TPSA) is 50.4 Å². The first-order chi connectivity index (χ1) is 14.2. The third kappa shape index (κ3) is 4.83. The number of aromatic amines is 1. The molecule has 0 aliphatic carbocycles. The Morgan fingerprint density at radius 3 is 2.66 bits per heavy atom. The molecular weight excluding hydrogens is 369 g/mol. The second-order valence-corrected chi connectivity index (χ2v) is 7.39. The summed E-state index contributed by atoms with van der Waals surface area (Å²) in [4.78, 5) is 2.37. The average Bonchev–Trinajstić information content (AvgIpc) is 3.21. The van der Waals surface area contributed by atoms with E-state index in [0.29, 0.717) is 17.9 Å². The van der Waals surface area contributed by atoms with Gasteiger partial charge in [0.05, 0.1) is 31.7 Å². The molecule has 0 radical (unpaired) electrons. The molecule has 29 heavy (non-hydrogen) atoms. The molecule has 1 aromatic heterocycles. The second-order valence-electron chi connectivity index (χ2n) is 7.39. The molecule has 0 spiro atoms. The number of rotatable bonds is 7. The van der Waals surface area contributed by atoms with Crippen molar-refractivity contribution in [1.29, 1.82) is 0 Å². The predicted molar refractivity (Wildman–Crippen MR) is 110 cm³/mol. The molecule has 1 N–H and O–H groups in total. The van der Waals surface area contributed by atoms with E-state index in [2.05, 4.69) is 27.2 Å². The highest BCUT2D eigenvalue weighted by molar-refractivity contribution is 5.64. The van der Waals surface area contributed by atoms with Crippen LogP contribution in [0.25, 0.3) is 11.3 Å². The summed E-state index contributed by atoms with van der Waals surface area (Å²) in [5.74, 6) is 0.188. The lowest BCUT2D eigenvalue weighted by atomic mass is 10.0. The zero-order valence-corrected chi connectivity index (χ0v) is 16.6. The first-order valence-electron chi connectivity index (χ1n) is 9.97. The van der Waals surface area contributed by atoms with Crippen molar-refractivity contribution < 1.29 is 13.9 Å². The van der Waals surface area contributed by atoms with Crippen molar-refractivity contribution in [3.05, 3.63) is 71.7 Å². The summed E-state index contributed by atoms with van der Waals surface area (Å²) < 4.78 is 25.6. The fraction of sp³-hybridized carbons (Fsp3) is 0.348. The summed E-state index contributed by atoms with van der Waals surface area (Å²) in [6.45, 7) is 3.31. The average molecular weight is 395 g/mol. The second kappa shape index (κ2) is 9.20. The zero-order valence-electron chi connectivity index (χ0n) is 16.6. The molecule has 0 atom stereocenters. The molecule has 6 heteroatoms. The fourth-order valence-electron chi connectivity index (χ4n) is 3.75. The monoisotopic (exact) mass is 395 g/mol. The molecule has 3 aromatic rings. The quantitative estimate of drug-likeness (QED) is 0.644. The van der Waals surface area contributed by atoms with E-state index in [1.165, 1.54) is 18.7 Å². The van der Waals surface area contributed by atoms with Gasteiger partial charge in [0.2, 0.25) is 0 Å². The van der Waals surface area contributed by atoms with E-state index in [9.17, 15) is 4.39 Å². The van der Waals surface area contributed by atoms with Gasteiger partial charge in [-0.2, -0.15) is 5.10 Å².